The molecular weight excluding hydrogens is 196 g/mol. The molecule has 0 radical (unpaired) electrons. The molecule has 2 rings (SSSR count). The highest BCUT2D eigenvalue weighted by molar-refractivity contribution is 7.15. The molecule has 2 heterocycles. The molecule has 0 bridgehead atoms. The van der Waals surface area contributed by atoms with Gasteiger partial charge < -0.3 is 5.11 Å². The van der Waals surface area contributed by atoms with E-state index < -0.39 is 0 Å². The molecule has 1 unspecified atom stereocenters. The number of aliphatic hydroxyl groups is 1. The maximum Gasteiger partial charge on any atom is 0.193 e. The predicted octanol–water partition coefficient (Wildman–Crippen LogP) is 2.10. The number of imidazole rings is 1. The zero-order chi connectivity index (χ0) is 9.97. The topological polar surface area (TPSA) is 37.5 Å². The van der Waals surface area contributed by atoms with Gasteiger partial charge in [-0.3, -0.25) is 4.40 Å². The third-order valence-electron chi connectivity index (χ3n) is 2.21. The summed E-state index contributed by atoms with van der Waals surface area (Å²) in [7, 11) is 0. The standard InChI is InChI=1S/C10H14N2OS/c1-2-3-9(13)6-8-7-12-4-5-14-10(12)11-8/h4-5,7,9,13H,2-3,6H2,1H3. The van der Waals surface area contributed by atoms with Crippen molar-refractivity contribution in [2.24, 2.45) is 0 Å². The van der Waals surface area contributed by atoms with E-state index in [0.717, 1.165) is 23.5 Å². The number of rotatable bonds is 4. The number of nitrogens with zero attached hydrogens (tertiary/aromatic N) is 2. The van der Waals surface area contributed by atoms with Gasteiger partial charge in [0.05, 0.1) is 11.8 Å². The fourth-order valence-electron chi connectivity index (χ4n) is 1.55. The maximum atomic E-state index is 9.62. The lowest BCUT2D eigenvalue weighted by Gasteiger charge is -2.05. The number of fused-ring (bicyclic) bond motifs is 1. The van der Waals surface area contributed by atoms with Crippen molar-refractivity contribution < 1.29 is 5.11 Å². The van der Waals surface area contributed by atoms with Crippen LogP contribution in [0.4, 0.5) is 0 Å². The zero-order valence-corrected chi connectivity index (χ0v) is 9.00. The summed E-state index contributed by atoms with van der Waals surface area (Å²) in [5.41, 5.74) is 0.984. The zero-order valence-electron chi connectivity index (χ0n) is 8.18. The molecule has 0 aliphatic rings. The van der Waals surface area contributed by atoms with Gasteiger partial charge in [0.25, 0.3) is 0 Å². The second-order valence-electron chi connectivity index (χ2n) is 3.47. The third-order valence-corrected chi connectivity index (χ3v) is 2.98. The van der Waals surface area contributed by atoms with Gasteiger partial charge in [-0.2, -0.15) is 0 Å². The van der Waals surface area contributed by atoms with E-state index in [0.29, 0.717) is 6.42 Å². The van der Waals surface area contributed by atoms with Crippen LogP contribution in [0.1, 0.15) is 25.5 Å². The molecule has 2 aromatic rings. The van der Waals surface area contributed by atoms with Gasteiger partial charge in [-0.25, -0.2) is 4.98 Å². The van der Waals surface area contributed by atoms with E-state index in [9.17, 15) is 5.11 Å². The SMILES string of the molecule is CCCC(O)Cc1cn2ccsc2n1. The van der Waals surface area contributed by atoms with Gasteiger partial charge in [0.15, 0.2) is 4.96 Å². The molecular formula is C10H14N2OS. The number of thiazole rings is 1. The molecule has 3 nitrogen and oxygen atoms in total. The molecule has 1 atom stereocenters. The molecule has 0 aromatic carbocycles. The van der Waals surface area contributed by atoms with Crippen molar-refractivity contribution in [2.75, 3.05) is 0 Å². The fourth-order valence-corrected chi connectivity index (χ4v) is 2.27. The Morgan fingerprint density at radius 1 is 1.64 bits per heavy atom. The lowest BCUT2D eigenvalue weighted by atomic mass is 10.1. The van der Waals surface area contributed by atoms with E-state index in [-0.39, 0.29) is 6.10 Å². The summed E-state index contributed by atoms with van der Waals surface area (Å²) >= 11 is 1.62. The van der Waals surface area contributed by atoms with Crippen LogP contribution in [0, 0.1) is 0 Å². The van der Waals surface area contributed by atoms with E-state index in [4.69, 9.17) is 0 Å². The van der Waals surface area contributed by atoms with Crippen molar-refractivity contribution in [2.45, 2.75) is 32.3 Å². The summed E-state index contributed by atoms with van der Waals surface area (Å²) in [4.78, 5) is 5.42. The lowest BCUT2D eigenvalue weighted by molar-refractivity contribution is 0.163. The molecule has 14 heavy (non-hydrogen) atoms. The second kappa shape index (κ2) is 4.11. The van der Waals surface area contributed by atoms with E-state index in [1.54, 1.807) is 11.3 Å². The predicted molar refractivity (Wildman–Crippen MR) is 57.7 cm³/mol. The minimum absolute atomic E-state index is 0.246. The molecule has 0 saturated heterocycles. The van der Waals surface area contributed by atoms with Crippen LogP contribution < -0.4 is 0 Å². The Morgan fingerprint density at radius 2 is 2.50 bits per heavy atom. The number of aromatic nitrogens is 2. The summed E-state index contributed by atoms with van der Waals surface area (Å²) in [6.07, 6.45) is 6.27. The van der Waals surface area contributed by atoms with Crippen molar-refractivity contribution >= 4 is 16.3 Å². The van der Waals surface area contributed by atoms with Crippen molar-refractivity contribution in [3.05, 3.63) is 23.5 Å². The van der Waals surface area contributed by atoms with E-state index >= 15 is 0 Å². The maximum absolute atomic E-state index is 9.62. The first-order valence-electron chi connectivity index (χ1n) is 4.88. The molecule has 1 N–H and O–H groups in total. The van der Waals surface area contributed by atoms with Crippen molar-refractivity contribution in [3.8, 4) is 0 Å². The molecule has 4 heteroatoms. The average molecular weight is 210 g/mol. The quantitative estimate of drug-likeness (QED) is 0.839. The van der Waals surface area contributed by atoms with Crippen molar-refractivity contribution in [3.63, 3.8) is 0 Å². The Labute approximate surface area is 87.0 Å². The lowest BCUT2D eigenvalue weighted by Crippen LogP contribution is -2.09. The highest BCUT2D eigenvalue weighted by atomic mass is 32.1. The molecule has 0 fully saturated rings. The summed E-state index contributed by atoms with van der Waals surface area (Å²) in [5, 5.41) is 11.6. The van der Waals surface area contributed by atoms with Crippen molar-refractivity contribution in [1.82, 2.24) is 9.38 Å². The number of hydrogen-bond acceptors (Lipinski definition) is 3. The first kappa shape index (κ1) is 9.68. The van der Waals surface area contributed by atoms with Crippen molar-refractivity contribution in [1.29, 1.82) is 0 Å². The van der Waals surface area contributed by atoms with Crippen LogP contribution in [-0.4, -0.2) is 20.6 Å². The average Bonchev–Trinajstić information content (AvgIpc) is 2.63. The molecule has 0 saturated carbocycles. The van der Waals surface area contributed by atoms with Gasteiger partial charge in [0.1, 0.15) is 0 Å². The fraction of sp³-hybridized carbons (Fsp3) is 0.500. The van der Waals surface area contributed by atoms with Gasteiger partial charge in [-0.1, -0.05) is 13.3 Å². The molecule has 76 valence electrons. The molecule has 0 aliphatic heterocycles. The third kappa shape index (κ3) is 1.96. The Kier molecular flexibility index (Phi) is 2.84. The molecule has 0 spiro atoms. The summed E-state index contributed by atoms with van der Waals surface area (Å²) in [5.74, 6) is 0. The number of hydrogen-bond donors (Lipinski definition) is 1. The molecule has 2 aromatic heterocycles. The largest absolute Gasteiger partial charge is 0.393 e. The summed E-state index contributed by atoms with van der Waals surface area (Å²) in [6.45, 7) is 2.08. The monoisotopic (exact) mass is 210 g/mol. The summed E-state index contributed by atoms with van der Waals surface area (Å²) in [6, 6.07) is 0. The van der Waals surface area contributed by atoms with Gasteiger partial charge in [-0.05, 0) is 6.42 Å². The van der Waals surface area contributed by atoms with Crippen LogP contribution in [0.3, 0.4) is 0 Å². The Bertz CT molecular complexity index is 378. The van der Waals surface area contributed by atoms with Gasteiger partial charge in [-0.15, -0.1) is 11.3 Å². The van der Waals surface area contributed by atoms with Gasteiger partial charge >= 0.3 is 0 Å². The normalized spacial score (nSPS) is 13.6. The smallest absolute Gasteiger partial charge is 0.193 e. The number of aliphatic hydroxyl groups excluding tert-OH is 1. The minimum atomic E-state index is -0.246. The van der Waals surface area contributed by atoms with Crippen LogP contribution in [0.5, 0.6) is 0 Å². The summed E-state index contributed by atoms with van der Waals surface area (Å²) < 4.78 is 2.00. The van der Waals surface area contributed by atoms with E-state index in [2.05, 4.69) is 11.9 Å². The highest BCUT2D eigenvalue weighted by Gasteiger charge is 2.08. The Hall–Kier alpha value is -0.870. The van der Waals surface area contributed by atoms with Gasteiger partial charge in [0.2, 0.25) is 0 Å². The molecule has 0 aliphatic carbocycles. The first-order chi connectivity index (χ1) is 6.79. The van der Waals surface area contributed by atoms with E-state index in [1.165, 1.54) is 0 Å². The Balaban J connectivity index is 2.08. The highest BCUT2D eigenvalue weighted by Crippen LogP contribution is 2.13. The van der Waals surface area contributed by atoms with Gasteiger partial charge in [0, 0.05) is 24.2 Å². The minimum Gasteiger partial charge on any atom is -0.393 e. The van der Waals surface area contributed by atoms with E-state index in [1.807, 2.05) is 22.2 Å². The van der Waals surface area contributed by atoms with Crippen LogP contribution in [0.15, 0.2) is 17.8 Å². The molecule has 0 amide bonds. The Morgan fingerprint density at radius 3 is 3.21 bits per heavy atom. The van der Waals surface area contributed by atoms with Crippen LogP contribution in [0.2, 0.25) is 0 Å². The second-order valence-corrected chi connectivity index (χ2v) is 4.34. The first-order valence-corrected chi connectivity index (χ1v) is 5.76. The van der Waals surface area contributed by atoms with Crippen LogP contribution >= 0.6 is 11.3 Å². The van der Waals surface area contributed by atoms with Crippen LogP contribution in [0.25, 0.3) is 4.96 Å². The van der Waals surface area contributed by atoms with Crippen LogP contribution in [-0.2, 0) is 6.42 Å².